The van der Waals surface area contributed by atoms with Crippen LogP contribution in [0, 0.1) is 17.0 Å². The third-order valence-electron chi connectivity index (χ3n) is 3.62. The van der Waals surface area contributed by atoms with Gasteiger partial charge in [0.1, 0.15) is 0 Å². The molecule has 1 saturated heterocycles. The van der Waals surface area contributed by atoms with E-state index >= 15 is 0 Å². The van der Waals surface area contributed by atoms with E-state index in [0.29, 0.717) is 24.1 Å². The van der Waals surface area contributed by atoms with Crippen LogP contribution in [-0.4, -0.2) is 39.5 Å². The van der Waals surface area contributed by atoms with Crippen molar-refractivity contribution in [3.63, 3.8) is 0 Å². The molecule has 0 spiro atoms. The van der Waals surface area contributed by atoms with Crippen LogP contribution in [0.2, 0.25) is 0 Å². The smallest absolute Gasteiger partial charge is 0.270 e. The average molecular weight is 278 g/mol. The van der Waals surface area contributed by atoms with Crippen LogP contribution in [0.25, 0.3) is 0 Å². The summed E-state index contributed by atoms with van der Waals surface area (Å²) in [7, 11) is 0. The number of non-ortho nitro benzene ring substituents is 1. The Balaban J connectivity index is 2.29. The van der Waals surface area contributed by atoms with Crippen molar-refractivity contribution >= 4 is 11.6 Å². The zero-order valence-electron chi connectivity index (χ0n) is 11.6. The van der Waals surface area contributed by atoms with E-state index in [4.69, 9.17) is 0 Å². The number of nitro groups is 1. The predicted molar refractivity (Wildman–Crippen MR) is 73.6 cm³/mol. The van der Waals surface area contributed by atoms with E-state index in [0.717, 1.165) is 6.42 Å². The van der Waals surface area contributed by atoms with Gasteiger partial charge in [0.15, 0.2) is 0 Å². The van der Waals surface area contributed by atoms with E-state index in [9.17, 15) is 20.0 Å². The SMILES string of the molecule is Cc1ccc([N+](=O)[O-])cc1C(=O)N1CCCC(C)(O)C1. The first kappa shape index (κ1) is 14.5. The molecule has 1 aliphatic rings. The van der Waals surface area contributed by atoms with Gasteiger partial charge in [-0.15, -0.1) is 0 Å². The summed E-state index contributed by atoms with van der Waals surface area (Å²) in [6.45, 7) is 4.27. The minimum atomic E-state index is -0.886. The van der Waals surface area contributed by atoms with Crippen molar-refractivity contribution in [2.45, 2.75) is 32.3 Å². The number of nitrogens with zero attached hydrogens (tertiary/aromatic N) is 2. The number of hydrogen-bond donors (Lipinski definition) is 1. The number of amides is 1. The molecule has 1 aliphatic heterocycles. The van der Waals surface area contributed by atoms with Crippen molar-refractivity contribution in [2.24, 2.45) is 0 Å². The maximum Gasteiger partial charge on any atom is 0.270 e. The van der Waals surface area contributed by atoms with Gasteiger partial charge in [0.25, 0.3) is 11.6 Å². The molecule has 0 aliphatic carbocycles. The monoisotopic (exact) mass is 278 g/mol. The summed E-state index contributed by atoms with van der Waals surface area (Å²) in [6, 6.07) is 4.27. The maximum atomic E-state index is 12.5. The number of hydrogen-bond acceptors (Lipinski definition) is 4. The van der Waals surface area contributed by atoms with Crippen LogP contribution in [0.3, 0.4) is 0 Å². The fourth-order valence-corrected chi connectivity index (χ4v) is 2.52. The van der Waals surface area contributed by atoms with Gasteiger partial charge in [-0.25, -0.2) is 0 Å². The number of β-amino-alcohol motifs (C(OH)–C–C–N with tert-alkyl or cyclic N) is 1. The van der Waals surface area contributed by atoms with E-state index < -0.39 is 10.5 Å². The molecule has 0 bridgehead atoms. The molecule has 1 fully saturated rings. The molecule has 1 unspecified atom stereocenters. The van der Waals surface area contributed by atoms with E-state index in [-0.39, 0.29) is 18.1 Å². The van der Waals surface area contributed by atoms with Gasteiger partial charge >= 0.3 is 0 Å². The Kier molecular flexibility index (Phi) is 3.76. The van der Waals surface area contributed by atoms with Crippen LogP contribution in [0.1, 0.15) is 35.7 Å². The molecule has 0 aromatic heterocycles. The minimum absolute atomic E-state index is 0.0947. The molecular formula is C14H18N2O4. The van der Waals surface area contributed by atoms with Gasteiger partial charge in [-0.3, -0.25) is 14.9 Å². The van der Waals surface area contributed by atoms with Crippen LogP contribution in [0.4, 0.5) is 5.69 Å². The summed E-state index contributed by atoms with van der Waals surface area (Å²) in [5.74, 6) is -0.258. The lowest BCUT2D eigenvalue weighted by Crippen LogP contribution is -2.48. The van der Waals surface area contributed by atoms with Crippen LogP contribution in [0.5, 0.6) is 0 Å². The Hall–Kier alpha value is -1.95. The second kappa shape index (κ2) is 5.20. The summed E-state index contributed by atoms with van der Waals surface area (Å²) < 4.78 is 0. The maximum absolute atomic E-state index is 12.5. The highest BCUT2D eigenvalue weighted by molar-refractivity contribution is 5.96. The van der Waals surface area contributed by atoms with Gasteiger partial charge in [0.05, 0.1) is 10.5 Å². The van der Waals surface area contributed by atoms with Crippen LogP contribution in [-0.2, 0) is 0 Å². The number of piperidine rings is 1. The first-order chi connectivity index (χ1) is 9.30. The van der Waals surface area contributed by atoms with E-state index in [1.54, 1.807) is 24.8 Å². The number of carbonyl (C=O) groups excluding carboxylic acids is 1. The van der Waals surface area contributed by atoms with Crippen molar-refractivity contribution in [3.05, 3.63) is 39.4 Å². The average Bonchev–Trinajstić information content (AvgIpc) is 2.37. The Bertz CT molecular complexity index is 554. The molecule has 108 valence electrons. The highest BCUT2D eigenvalue weighted by Crippen LogP contribution is 2.24. The van der Waals surface area contributed by atoms with Crippen molar-refractivity contribution in [3.8, 4) is 0 Å². The normalized spacial score (nSPS) is 22.6. The lowest BCUT2D eigenvalue weighted by Gasteiger charge is -2.37. The van der Waals surface area contributed by atoms with Gasteiger partial charge in [-0.2, -0.15) is 0 Å². The summed E-state index contributed by atoms with van der Waals surface area (Å²) in [5, 5.41) is 20.9. The van der Waals surface area contributed by atoms with Crippen LogP contribution >= 0.6 is 0 Å². The largest absolute Gasteiger partial charge is 0.388 e. The molecule has 6 nitrogen and oxygen atoms in total. The third kappa shape index (κ3) is 2.96. The van der Waals surface area contributed by atoms with Crippen molar-refractivity contribution in [2.75, 3.05) is 13.1 Å². The molecule has 6 heteroatoms. The van der Waals surface area contributed by atoms with Gasteiger partial charge in [-0.1, -0.05) is 6.07 Å². The second-order valence-corrected chi connectivity index (χ2v) is 5.58. The van der Waals surface area contributed by atoms with E-state index in [1.165, 1.54) is 12.1 Å². The first-order valence-corrected chi connectivity index (χ1v) is 6.57. The van der Waals surface area contributed by atoms with Crippen molar-refractivity contribution < 1.29 is 14.8 Å². The molecular weight excluding hydrogens is 260 g/mol. The molecule has 1 N–H and O–H groups in total. The number of aliphatic hydroxyl groups is 1. The lowest BCUT2D eigenvalue weighted by atomic mass is 9.94. The Labute approximate surface area is 117 Å². The summed E-state index contributed by atoms with van der Waals surface area (Å²) in [5.41, 5.74) is 0.0492. The second-order valence-electron chi connectivity index (χ2n) is 5.58. The number of carbonyl (C=O) groups is 1. The minimum Gasteiger partial charge on any atom is -0.388 e. The fraction of sp³-hybridized carbons (Fsp3) is 0.500. The van der Waals surface area contributed by atoms with Crippen molar-refractivity contribution in [1.29, 1.82) is 0 Å². The summed E-state index contributed by atoms with van der Waals surface area (Å²) >= 11 is 0. The molecule has 0 radical (unpaired) electrons. The zero-order valence-corrected chi connectivity index (χ0v) is 11.6. The summed E-state index contributed by atoms with van der Waals surface area (Å²) in [6.07, 6.45) is 1.39. The summed E-state index contributed by atoms with van der Waals surface area (Å²) in [4.78, 5) is 24.3. The van der Waals surface area contributed by atoms with Crippen molar-refractivity contribution in [1.82, 2.24) is 4.90 Å². The van der Waals surface area contributed by atoms with Gasteiger partial charge in [0, 0.05) is 30.8 Å². The zero-order chi connectivity index (χ0) is 14.9. The van der Waals surface area contributed by atoms with Crippen LogP contribution in [0.15, 0.2) is 18.2 Å². The number of aryl methyl sites for hydroxylation is 1. The topological polar surface area (TPSA) is 83.7 Å². The first-order valence-electron chi connectivity index (χ1n) is 6.57. The Morgan fingerprint density at radius 1 is 1.50 bits per heavy atom. The van der Waals surface area contributed by atoms with Gasteiger partial charge in [-0.05, 0) is 32.3 Å². The van der Waals surface area contributed by atoms with E-state index in [2.05, 4.69) is 0 Å². The molecule has 1 atom stereocenters. The third-order valence-corrected chi connectivity index (χ3v) is 3.62. The Morgan fingerprint density at radius 3 is 2.80 bits per heavy atom. The molecule has 1 amide bonds. The highest BCUT2D eigenvalue weighted by Gasteiger charge is 2.32. The Morgan fingerprint density at radius 2 is 2.20 bits per heavy atom. The molecule has 2 rings (SSSR count). The molecule has 1 aromatic carbocycles. The molecule has 1 heterocycles. The fourth-order valence-electron chi connectivity index (χ4n) is 2.52. The number of likely N-dealkylation sites (tertiary alicyclic amines) is 1. The van der Waals surface area contributed by atoms with Gasteiger partial charge < -0.3 is 10.0 Å². The standard InChI is InChI=1S/C14H18N2O4/c1-10-4-5-11(16(19)20)8-12(10)13(17)15-7-3-6-14(2,18)9-15/h4-5,8,18H,3,6-7,9H2,1-2H3. The van der Waals surface area contributed by atoms with Gasteiger partial charge in [0.2, 0.25) is 0 Å². The van der Waals surface area contributed by atoms with E-state index in [1.807, 2.05) is 0 Å². The molecule has 1 aromatic rings. The highest BCUT2D eigenvalue weighted by atomic mass is 16.6. The number of benzene rings is 1. The predicted octanol–water partition coefficient (Wildman–Crippen LogP) is 1.89. The molecule has 20 heavy (non-hydrogen) atoms. The quantitative estimate of drug-likeness (QED) is 0.661. The number of nitro benzene ring substituents is 1. The molecule has 0 saturated carbocycles. The lowest BCUT2D eigenvalue weighted by molar-refractivity contribution is -0.384. The van der Waals surface area contributed by atoms with Crippen LogP contribution < -0.4 is 0 Å². The number of rotatable bonds is 2.